The van der Waals surface area contributed by atoms with E-state index >= 15 is 0 Å². The standard InChI is InChI=1S/C21H28N7O17P3.2Na/c22-17-12-19(25-7-24-17)28(8-26-12)21-16(44-46(33,34)35)14(30)11(43-21)6-41-48(38,39)45-47(36,37)40-5-10-13(29)15(31)20(42-10)27-3-1-2-9(4-27)18(23)32;;/h1-4,7-8,10-11,13-16,20-21,29-31H,5-6H2,(H7-,22,23,24,25,32,33,34,35,36,37,38,39);;/q;2*+1/p-1. The number of phosphoric acid groups is 3. The molecule has 0 bridgehead atoms. The summed E-state index contributed by atoms with van der Waals surface area (Å²) in [6.07, 6.45) is -8.80. The van der Waals surface area contributed by atoms with Crippen molar-refractivity contribution in [2.24, 2.45) is 5.73 Å². The molecule has 0 radical (unpaired) electrons. The number of ether oxygens (including phenoxy) is 2. The van der Waals surface area contributed by atoms with E-state index in [0.717, 1.165) is 17.2 Å². The van der Waals surface area contributed by atoms with Crippen molar-refractivity contribution in [1.82, 2.24) is 19.5 Å². The normalized spacial score (nSPS) is 29.1. The first kappa shape index (κ1) is 43.5. The number of primary amides is 1. The van der Waals surface area contributed by atoms with Gasteiger partial charge in [0.15, 0.2) is 36.2 Å². The second-order valence-corrected chi connectivity index (χ2v) is 14.4. The van der Waals surface area contributed by atoms with E-state index in [4.69, 9.17) is 20.9 Å². The van der Waals surface area contributed by atoms with E-state index in [9.17, 15) is 53.4 Å². The maximum Gasteiger partial charge on any atom is 1.00 e. The van der Waals surface area contributed by atoms with E-state index in [1.54, 1.807) is 0 Å². The minimum Gasteiger partial charge on any atom is -0.756 e. The van der Waals surface area contributed by atoms with E-state index in [-0.39, 0.29) is 81.7 Å². The molecule has 264 valence electrons. The number of carbonyl (C=O) groups excluding carboxylic acids is 1. The van der Waals surface area contributed by atoms with Crippen LogP contribution in [-0.4, -0.2) is 100 Å². The Hall–Kier alpha value is -0.860. The monoisotopic (exact) mass is 788 g/mol. The summed E-state index contributed by atoms with van der Waals surface area (Å²) in [7, 11) is -16.9. The third-order valence-corrected chi connectivity index (χ3v) is 10.0. The number of hydrogen-bond donors (Lipinski definition) is 7. The topological polar surface area (TPSA) is 370 Å². The SMILES string of the molecule is NC(=O)c1ccc[n+](C2OC(COP(=O)([O-])OP(=O)([O-])OCC3OC(n4cnc5c(N)ncnc54)C(OP(=O)(O)O)C3O)C(O)C2O)c1.[Na+].[Na+]. The molecule has 2 saturated heterocycles. The molecular weight excluding hydrogens is 761 g/mol. The summed E-state index contributed by atoms with van der Waals surface area (Å²) >= 11 is 0. The van der Waals surface area contributed by atoms with Gasteiger partial charge in [0.1, 0.15) is 47.9 Å². The Bertz CT molecular complexity index is 1820. The Morgan fingerprint density at radius 1 is 0.980 bits per heavy atom. The molecule has 3 aromatic heterocycles. The summed E-state index contributed by atoms with van der Waals surface area (Å²) in [6.45, 7) is -2.21. The van der Waals surface area contributed by atoms with Gasteiger partial charge in [0.2, 0.25) is 0 Å². The molecule has 5 heterocycles. The smallest absolute Gasteiger partial charge is 0.756 e. The van der Waals surface area contributed by atoms with Gasteiger partial charge < -0.3 is 64.9 Å². The summed E-state index contributed by atoms with van der Waals surface area (Å²) in [5.74, 6) is -0.876. The summed E-state index contributed by atoms with van der Waals surface area (Å²) in [5.41, 5.74) is 11.0. The van der Waals surface area contributed by atoms with Crippen LogP contribution in [0.1, 0.15) is 22.8 Å². The van der Waals surface area contributed by atoms with Crippen LogP contribution in [0.5, 0.6) is 0 Å². The van der Waals surface area contributed by atoms with E-state index < -0.39 is 91.7 Å². The third kappa shape index (κ3) is 10.2. The molecule has 5 rings (SSSR count). The van der Waals surface area contributed by atoms with Crippen LogP contribution >= 0.6 is 23.5 Å². The average Bonchev–Trinajstić information content (AvgIpc) is 3.64. The first-order chi connectivity index (χ1) is 22.4. The Labute approximate surface area is 324 Å². The van der Waals surface area contributed by atoms with Crippen molar-refractivity contribution in [2.45, 2.75) is 49.1 Å². The summed E-state index contributed by atoms with van der Waals surface area (Å²) < 4.78 is 67.4. The van der Waals surface area contributed by atoms with Gasteiger partial charge in [-0.15, -0.1) is 0 Å². The fourth-order valence-electron chi connectivity index (χ4n) is 4.82. The molecule has 1 amide bonds. The maximum absolute atomic E-state index is 12.4. The quantitative estimate of drug-likeness (QED) is 0.0480. The van der Waals surface area contributed by atoms with Gasteiger partial charge in [0, 0.05) is 6.07 Å². The predicted octanol–water partition coefficient (Wildman–Crippen LogP) is -10.2. The van der Waals surface area contributed by atoms with Crippen LogP contribution in [0.15, 0.2) is 37.2 Å². The summed E-state index contributed by atoms with van der Waals surface area (Å²) in [4.78, 5) is 66.6. The zero-order chi connectivity index (χ0) is 35.2. The summed E-state index contributed by atoms with van der Waals surface area (Å²) in [5, 5.41) is 31.4. The number of aromatic nitrogens is 5. The summed E-state index contributed by atoms with van der Waals surface area (Å²) in [6, 6.07) is 2.76. The van der Waals surface area contributed by atoms with Crippen molar-refractivity contribution >= 4 is 46.4 Å². The van der Waals surface area contributed by atoms with E-state index in [0.29, 0.717) is 0 Å². The van der Waals surface area contributed by atoms with Gasteiger partial charge in [-0.2, -0.15) is 4.57 Å². The van der Waals surface area contributed by atoms with E-state index in [1.165, 1.54) is 29.1 Å². The van der Waals surface area contributed by atoms with Gasteiger partial charge in [0.25, 0.3) is 27.8 Å². The Morgan fingerprint density at radius 2 is 1.60 bits per heavy atom. The first-order valence-corrected chi connectivity index (χ1v) is 17.8. The molecule has 2 aliphatic rings. The molecule has 0 aliphatic carbocycles. The van der Waals surface area contributed by atoms with Crippen molar-refractivity contribution < 1.29 is 144 Å². The van der Waals surface area contributed by atoms with E-state index in [2.05, 4.69) is 32.8 Å². The zero-order valence-electron chi connectivity index (χ0n) is 25.9. The van der Waals surface area contributed by atoms with Crippen molar-refractivity contribution in [1.29, 1.82) is 0 Å². The van der Waals surface area contributed by atoms with Gasteiger partial charge in [-0.25, -0.2) is 23.8 Å². The number of pyridine rings is 1. The number of carbonyl (C=O) groups is 1. The minimum absolute atomic E-state index is 0. The largest absolute Gasteiger partial charge is 1.00 e. The van der Waals surface area contributed by atoms with Crippen molar-refractivity contribution in [2.75, 3.05) is 18.9 Å². The van der Waals surface area contributed by atoms with Crippen LogP contribution in [0.2, 0.25) is 0 Å². The Kier molecular flexibility index (Phi) is 14.9. The molecule has 2 aliphatic heterocycles. The van der Waals surface area contributed by atoms with Crippen LogP contribution in [-0.2, 0) is 41.1 Å². The number of hydrogen-bond acceptors (Lipinski definition) is 19. The first-order valence-electron chi connectivity index (χ1n) is 13.3. The van der Waals surface area contributed by atoms with Crippen LogP contribution in [0.3, 0.4) is 0 Å². The number of imidazole rings is 1. The number of nitrogens with zero attached hydrogens (tertiary/aromatic N) is 5. The molecule has 24 nitrogen and oxygen atoms in total. The van der Waals surface area contributed by atoms with Crippen LogP contribution < -0.4 is 84.9 Å². The van der Waals surface area contributed by atoms with E-state index in [1.807, 2.05) is 0 Å². The fourth-order valence-corrected chi connectivity index (χ4v) is 7.38. The second kappa shape index (κ2) is 17.1. The maximum atomic E-state index is 12.4. The van der Waals surface area contributed by atoms with Crippen LogP contribution in [0.4, 0.5) is 5.82 Å². The number of phosphoric ester groups is 3. The number of nitrogen functional groups attached to an aromatic ring is 1. The second-order valence-electron chi connectivity index (χ2n) is 10.2. The number of rotatable bonds is 13. The molecule has 3 aromatic rings. The predicted molar refractivity (Wildman–Crippen MR) is 146 cm³/mol. The Balaban J connectivity index is 0.00000338. The molecule has 50 heavy (non-hydrogen) atoms. The van der Waals surface area contributed by atoms with Gasteiger partial charge in [0.05, 0.1) is 19.5 Å². The van der Waals surface area contributed by atoms with Crippen LogP contribution in [0.25, 0.3) is 11.2 Å². The number of nitrogens with two attached hydrogens (primary N) is 2. The Morgan fingerprint density at radius 3 is 2.20 bits per heavy atom. The molecule has 29 heteroatoms. The molecule has 10 unspecified atom stereocenters. The van der Waals surface area contributed by atoms with Gasteiger partial charge in [-0.1, -0.05) is 0 Å². The van der Waals surface area contributed by atoms with Crippen LogP contribution in [0, 0.1) is 0 Å². The third-order valence-electron chi connectivity index (χ3n) is 6.96. The molecule has 0 aromatic carbocycles. The average molecular weight is 788 g/mol. The molecule has 0 spiro atoms. The minimum atomic E-state index is -5.84. The van der Waals surface area contributed by atoms with Gasteiger partial charge in [-0.3, -0.25) is 23.0 Å². The van der Waals surface area contributed by atoms with Crippen molar-refractivity contribution in [3.8, 4) is 0 Å². The number of amides is 1. The van der Waals surface area contributed by atoms with Crippen molar-refractivity contribution in [3.05, 3.63) is 42.7 Å². The number of aliphatic hydroxyl groups is 3. The zero-order valence-corrected chi connectivity index (χ0v) is 32.5. The molecule has 2 fully saturated rings. The number of fused-ring (bicyclic) bond motifs is 1. The van der Waals surface area contributed by atoms with Crippen molar-refractivity contribution in [3.63, 3.8) is 0 Å². The molecule has 0 saturated carbocycles. The molecule has 10 atom stereocenters. The van der Waals surface area contributed by atoms with Gasteiger partial charge >= 0.3 is 66.9 Å². The number of anilines is 1. The number of aliphatic hydroxyl groups excluding tert-OH is 3. The van der Waals surface area contributed by atoms with Gasteiger partial charge in [-0.05, 0) is 6.07 Å². The molecule has 9 N–H and O–H groups in total. The molecular formula is C21H27N7Na2O17P3+. The fraction of sp³-hybridized carbons (Fsp3) is 0.476.